The molecule has 20 heavy (non-hydrogen) atoms. The largest absolute Gasteiger partial charge is 0.354 e. The summed E-state index contributed by atoms with van der Waals surface area (Å²) in [4.78, 5) is 15.5. The van der Waals surface area contributed by atoms with Crippen LogP contribution in [0.1, 0.15) is 23.3 Å². The smallest absolute Gasteiger partial charge is 0.224 e. The highest BCUT2D eigenvalue weighted by molar-refractivity contribution is 7.10. The van der Waals surface area contributed by atoms with E-state index < -0.39 is 0 Å². The Balaban J connectivity index is 1.68. The van der Waals surface area contributed by atoms with Gasteiger partial charge in [-0.05, 0) is 25.5 Å². The number of carbonyl (C=O) groups excluding carboxylic acids is 1. The van der Waals surface area contributed by atoms with Crippen LogP contribution >= 0.6 is 11.3 Å². The van der Waals surface area contributed by atoms with Gasteiger partial charge in [0.2, 0.25) is 5.91 Å². The summed E-state index contributed by atoms with van der Waals surface area (Å²) >= 11 is 1.74. The van der Waals surface area contributed by atoms with Gasteiger partial charge in [0.1, 0.15) is 0 Å². The Morgan fingerprint density at radius 3 is 3.30 bits per heavy atom. The molecule has 2 saturated heterocycles. The number of fused-ring (bicyclic) bond motifs is 1. The molecular weight excluding hydrogens is 270 g/mol. The highest BCUT2D eigenvalue weighted by Crippen LogP contribution is 2.29. The van der Waals surface area contributed by atoms with Crippen molar-refractivity contribution < 1.29 is 4.79 Å². The molecule has 5 heteroatoms. The fourth-order valence-electron chi connectivity index (χ4n) is 3.12. The van der Waals surface area contributed by atoms with Crippen molar-refractivity contribution in [3.05, 3.63) is 21.9 Å². The first-order chi connectivity index (χ1) is 9.78. The van der Waals surface area contributed by atoms with Crippen molar-refractivity contribution in [2.75, 3.05) is 19.6 Å². The lowest BCUT2D eigenvalue weighted by molar-refractivity contribution is -0.124. The van der Waals surface area contributed by atoms with Crippen molar-refractivity contribution >= 4 is 17.2 Å². The molecule has 2 aliphatic heterocycles. The zero-order valence-electron chi connectivity index (χ0n) is 11.4. The molecule has 3 rings (SSSR count). The summed E-state index contributed by atoms with van der Waals surface area (Å²) in [7, 11) is 0. The van der Waals surface area contributed by atoms with E-state index in [9.17, 15) is 4.79 Å². The van der Waals surface area contributed by atoms with Gasteiger partial charge in [0, 0.05) is 35.0 Å². The molecular formula is C15H19N3OS. The van der Waals surface area contributed by atoms with Crippen LogP contribution < -0.4 is 11.1 Å². The van der Waals surface area contributed by atoms with Crippen molar-refractivity contribution in [3.63, 3.8) is 0 Å². The number of nitrogens with zero attached hydrogens (tertiary/aromatic N) is 1. The number of nitrogens with two attached hydrogens (primary N) is 1. The van der Waals surface area contributed by atoms with E-state index in [-0.39, 0.29) is 11.8 Å². The monoisotopic (exact) mass is 289 g/mol. The lowest BCUT2D eigenvalue weighted by Crippen LogP contribution is -2.44. The molecule has 0 bridgehead atoms. The first-order valence-corrected chi connectivity index (χ1v) is 7.94. The topological polar surface area (TPSA) is 58.4 Å². The lowest BCUT2D eigenvalue weighted by atomic mass is 9.91. The Bertz CT molecular complexity index is 557. The number of thiophene rings is 1. The van der Waals surface area contributed by atoms with Crippen LogP contribution in [0.5, 0.6) is 0 Å². The summed E-state index contributed by atoms with van der Waals surface area (Å²) in [6.07, 6.45) is 2.14. The third kappa shape index (κ3) is 2.73. The molecule has 2 atom stereocenters. The Morgan fingerprint density at radius 2 is 2.45 bits per heavy atom. The second-order valence-corrected chi connectivity index (χ2v) is 6.34. The molecule has 0 saturated carbocycles. The molecule has 0 aliphatic carbocycles. The SMILES string of the molecule is NCC#Cc1csc(CN2CCCC3C(=O)NCC32)c1. The Labute approximate surface area is 123 Å². The number of rotatable bonds is 2. The van der Waals surface area contributed by atoms with Crippen LogP contribution in [-0.4, -0.2) is 36.5 Å². The van der Waals surface area contributed by atoms with Gasteiger partial charge in [-0.3, -0.25) is 9.69 Å². The maximum atomic E-state index is 11.8. The van der Waals surface area contributed by atoms with Gasteiger partial charge in [-0.2, -0.15) is 0 Å². The maximum Gasteiger partial charge on any atom is 0.224 e. The van der Waals surface area contributed by atoms with Gasteiger partial charge < -0.3 is 11.1 Å². The van der Waals surface area contributed by atoms with E-state index in [2.05, 4.69) is 33.5 Å². The van der Waals surface area contributed by atoms with Gasteiger partial charge in [-0.15, -0.1) is 11.3 Å². The first-order valence-electron chi connectivity index (χ1n) is 7.06. The van der Waals surface area contributed by atoms with Crippen molar-refractivity contribution in [2.24, 2.45) is 11.7 Å². The average Bonchev–Trinajstić information content (AvgIpc) is 3.05. The number of hydrogen-bond acceptors (Lipinski definition) is 4. The summed E-state index contributed by atoms with van der Waals surface area (Å²) in [5.74, 6) is 6.38. The van der Waals surface area contributed by atoms with Crippen LogP contribution in [-0.2, 0) is 11.3 Å². The maximum absolute atomic E-state index is 11.8. The van der Waals surface area contributed by atoms with Gasteiger partial charge in [0.15, 0.2) is 0 Å². The van der Waals surface area contributed by atoms with Crippen molar-refractivity contribution in [1.82, 2.24) is 10.2 Å². The Hall–Kier alpha value is -1.35. The van der Waals surface area contributed by atoms with E-state index in [0.717, 1.165) is 38.0 Å². The van der Waals surface area contributed by atoms with Gasteiger partial charge in [-0.1, -0.05) is 11.8 Å². The molecule has 2 unspecified atom stereocenters. The highest BCUT2D eigenvalue weighted by atomic mass is 32.1. The van der Waals surface area contributed by atoms with E-state index in [0.29, 0.717) is 12.6 Å². The molecule has 0 aromatic carbocycles. The molecule has 2 fully saturated rings. The molecule has 4 nitrogen and oxygen atoms in total. The molecule has 3 heterocycles. The van der Waals surface area contributed by atoms with Gasteiger partial charge in [-0.25, -0.2) is 0 Å². The predicted octanol–water partition coefficient (Wildman–Crippen LogP) is 0.769. The van der Waals surface area contributed by atoms with E-state index in [1.807, 2.05) is 0 Å². The van der Waals surface area contributed by atoms with Crippen LogP contribution in [0.15, 0.2) is 11.4 Å². The Morgan fingerprint density at radius 1 is 1.55 bits per heavy atom. The summed E-state index contributed by atoms with van der Waals surface area (Å²) < 4.78 is 0. The fourth-order valence-corrected chi connectivity index (χ4v) is 3.96. The zero-order valence-corrected chi connectivity index (χ0v) is 12.2. The van der Waals surface area contributed by atoms with E-state index >= 15 is 0 Å². The molecule has 1 aromatic heterocycles. The van der Waals surface area contributed by atoms with Crippen molar-refractivity contribution in [3.8, 4) is 11.8 Å². The standard InChI is InChI=1S/C15H19N3OS/c16-5-1-3-11-7-12(20-10-11)9-18-6-2-4-13-14(18)8-17-15(13)19/h7,10,13-14H,2,4-6,8-9,16H2,(H,17,19). The molecule has 3 N–H and O–H groups in total. The van der Waals surface area contributed by atoms with E-state index in [1.54, 1.807) is 11.3 Å². The third-order valence-corrected chi connectivity index (χ3v) is 4.99. The molecule has 1 amide bonds. The second kappa shape index (κ2) is 5.96. The minimum Gasteiger partial charge on any atom is -0.354 e. The number of amides is 1. The summed E-state index contributed by atoms with van der Waals surface area (Å²) in [6.45, 7) is 3.20. The van der Waals surface area contributed by atoms with Crippen LogP contribution in [0.2, 0.25) is 0 Å². The summed E-state index contributed by atoms with van der Waals surface area (Å²) in [5, 5.41) is 5.08. The van der Waals surface area contributed by atoms with Crippen LogP contribution in [0.3, 0.4) is 0 Å². The fraction of sp³-hybridized carbons (Fsp3) is 0.533. The zero-order chi connectivity index (χ0) is 13.9. The average molecular weight is 289 g/mol. The minimum absolute atomic E-state index is 0.195. The van der Waals surface area contributed by atoms with Crippen LogP contribution in [0, 0.1) is 17.8 Å². The summed E-state index contributed by atoms with van der Waals surface area (Å²) in [6, 6.07) is 2.51. The predicted molar refractivity (Wildman–Crippen MR) is 80.2 cm³/mol. The van der Waals surface area contributed by atoms with Gasteiger partial charge in [0.05, 0.1) is 12.5 Å². The minimum atomic E-state index is 0.195. The van der Waals surface area contributed by atoms with Gasteiger partial charge in [0.25, 0.3) is 0 Å². The van der Waals surface area contributed by atoms with E-state index in [1.165, 1.54) is 4.88 Å². The number of piperidine rings is 1. The lowest BCUT2D eigenvalue weighted by Gasteiger charge is -2.35. The highest BCUT2D eigenvalue weighted by Gasteiger charge is 2.40. The summed E-state index contributed by atoms with van der Waals surface area (Å²) in [5.41, 5.74) is 6.43. The molecule has 106 valence electrons. The van der Waals surface area contributed by atoms with Gasteiger partial charge >= 0.3 is 0 Å². The second-order valence-electron chi connectivity index (χ2n) is 5.34. The Kier molecular flexibility index (Phi) is 4.06. The van der Waals surface area contributed by atoms with Crippen molar-refractivity contribution in [1.29, 1.82) is 0 Å². The third-order valence-electron chi connectivity index (χ3n) is 4.06. The number of carbonyl (C=O) groups is 1. The number of hydrogen-bond donors (Lipinski definition) is 2. The van der Waals surface area contributed by atoms with Crippen molar-refractivity contribution in [2.45, 2.75) is 25.4 Å². The number of likely N-dealkylation sites (tertiary alicyclic amines) is 1. The molecule has 1 aromatic rings. The normalized spacial score (nSPS) is 25.8. The van der Waals surface area contributed by atoms with Crippen LogP contribution in [0.25, 0.3) is 0 Å². The quantitative estimate of drug-likeness (QED) is 0.791. The number of nitrogens with one attached hydrogen (secondary N) is 1. The van der Waals surface area contributed by atoms with E-state index in [4.69, 9.17) is 5.73 Å². The first kappa shape index (κ1) is 13.6. The molecule has 2 aliphatic rings. The molecule has 0 spiro atoms. The molecule has 0 radical (unpaired) electrons. The van der Waals surface area contributed by atoms with Crippen LogP contribution in [0.4, 0.5) is 0 Å².